The Kier molecular flexibility index (Phi) is 14.5. The minimum Gasteiger partial charge on any atom is -0.480 e. The van der Waals surface area contributed by atoms with Crippen molar-refractivity contribution < 1.29 is 20.1 Å². The third kappa shape index (κ3) is 10.7. The van der Waals surface area contributed by atoms with Gasteiger partial charge in [0.15, 0.2) is 0 Å². The van der Waals surface area contributed by atoms with Crippen LogP contribution in [-0.4, -0.2) is 46.6 Å². The van der Waals surface area contributed by atoms with Gasteiger partial charge in [-0.15, -0.1) is 0 Å². The molecule has 0 aromatic carbocycles. The number of carboxylic acid groups (broad SMARTS) is 1. The molecule has 0 aromatic heterocycles. The Bertz CT molecular complexity index is 278. The van der Waals surface area contributed by atoms with Gasteiger partial charge in [-0.2, -0.15) is 0 Å². The molecule has 0 aromatic rings. The lowest BCUT2D eigenvalue weighted by Gasteiger charge is -2.29. The number of hydrogen-bond acceptors (Lipinski definition) is 4. The van der Waals surface area contributed by atoms with Crippen molar-refractivity contribution in [3.63, 3.8) is 0 Å². The van der Waals surface area contributed by atoms with Crippen molar-refractivity contribution in [1.29, 1.82) is 0 Å². The molecule has 0 aliphatic carbocycles. The molecule has 5 nitrogen and oxygen atoms in total. The number of carboxylic acids is 1. The van der Waals surface area contributed by atoms with E-state index in [4.69, 9.17) is 10.2 Å². The van der Waals surface area contributed by atoms with Crippen LogP contribution < -0.4 is 5.32 Å². The monoisotopic (exact) mass is 331 g/mol. The molecule has 0 saturated heterocycles. The zero-order valence-electron chi connectivity index (χ0n) is 14.9. The van der Waals surface area contributed by atoms with Crippen LogP contribution in [0.15, 0.2) is 0 Å². The maximum atomic E-state index is 11.4. The molecule has 0 aliphatic heterocycles. The summed E-state index contributed by atoms with van der Waals surface area (Å²) in [6, 6.07) is 0. The van der Waals surface area contributed by atoms with E-state index >= 15 is 0 Å². The van der Waals surface area contributed by atoms with E-state index in [1.54, 1.807) is 0 Å². The van der Waals surface area contributed by atoms with E-state index in [2.05, 4.69) is 12.2 Å². The van der Waals surface area contributed by atoms with Gasteiger partial charge >= 0.3 is 5.97 Å². The van der Waals surface area contributed by atoms with Gasteiger partial charge in [0.1, 0.15) is 5.54 Å². The maximum Gasteiger partial charge on any atom is 0.324 e. The average molecular weight is 331 g/mol. The van der Waals surface area contributed by atoms with Crippen molar-refractivity contribution in [2.75, 3.05) is 19.8 Å². The van der Waals surface area contributed by atoms with E-state index < -0.39 is 11.5 Å². The van der Waals surface area contributed by atoms with E-state index in [0.717, 1.165) is 12.8 Å². The Hall–Kier alpha value is -0.650. The molecule has 0 unspecified atom stereocenters. The summed E-state index contributed by atoms with van der Waals surface area (Å²) in [6.45, 7) is 2.45. The Morgan fingerprint density at radius 3 is 1.65 bits per heavy atom. The SMILES string of the molecule is CCCCCCCCCCCCNC(CCO)(CCO)C(=O)O. The first kappa shape index (κ1) is 22.4. The lowest BCUT2D eigenvalue weighted by molar-refractivity contribution is -0.146. The smallest absolute Gasteiger partial charge is 0.324 e. The lowest BCUT2D eigenvalue weighted by Crippen LogP contribution is -2.53. The van der Waals surface area contributed by atoms with Crippen LogP contribution in [0, 0.1) is 0 Å². The highest BCUT2D eigenvalue weighted by molar-refractivity contribution is 5.78. The summed E-state index contributed by atoms with van der Waals surface area (Å²) in [5, 5.41) is 30.5. The van der Waals surface area contributed by atoms with Crippen LogP contribution in [0.25, 0.3) is 0 Å². The van der Waals surface area contributed by atoms with Crippen molar-refractivity contribution in [3.8, 4) is 0 Å². The van der Waals surface area contributed by atoms with Crippen LogP contribution in [0.4, 0.5) is 0 Å². The first-order chi connectivity index (χ1) is 11.1. The van der Waals surface area contributed by atoms with Crippen LogP contribution in [0.3, 0.4) is 0 Å². The number of hydrogen-bond donors (Lipinski definition) is 4. The van der Waals surface area contributed by atoms with Gasteiger partial charge in [-0.25, -0.2) is 0 Å². The number of carbonyl (C=O) groups is 1. The van der Waals surface area contributed by atoms with Gasteiger partial charge < -0.3 is 20.6 Å². The highest BCUT2D eigenvalue weighted by Crippen LogP contribution is 2.16. The molecule has 0 saturated carbocycles. The number of nitrogens with one attached hydrogen (secondary N) is 1. The van der Waals surface area contributed by atoms with Gasteiger partial charge in [0, 0.05) is 13.2 Å². The predicted molar refractivity (Wildman–Crippen MR) is 93.6 cm³/mol. The fourth-order valence-corrected chi connectivity index (χ4v) is 2.91. The van der Waals surface area contributed by atoms with Gasteiger partial charge in [-0.05, 0) is 25.8 Å². The predicted octanol–water partition coefficient (Wildman–Crippen LogP) is 3.09. The molecule has 23 heavy (non-hydrogen) atoms. The Balaban J connectivity index is 3.72. The van der Waals surface area contributed by atoms with Crippen molar-refractivity contribution in [1.82, 2.24) is 5.32 Å². The Morgan fingerprint density at radius 2 is 1.26 bits per heavy atom. The minimum absolute atomic E-state index is 0.126. The lowest BCUT2D eigenvalue weighted by atomic mass is 9.91. The van der Waals surface area contributed by atoms with Crippen LogP contribution in [0.2, 0.25) is 0 Å². The second-order valence-corrected chi connectivity index (χ2v) is 6.44. The van der Waals surface area contributed by atoms with E-state index in [0.29, 0.717) is 6.54 Å². The fourth-order valence-electron chi connectivity index (χ4n) is 2.91. The maximum absolute atomic E-state index is 11.4. The molecule has 0 heterocycles. The van der Waals surface area contributed by atoms with Crippen LogP contribution in [-0.2, 0) is 4.79 Å². The summed E-state index contributed by atoms with van der Waals surface area (Å²) in [5.41, 5.74) is -1.19. The largest absolute Gasteiger partial charge is 0.480 e. The van der Waals surface area contributed by atoms with Crippen molar-refractivity contribution >= 4 is 5.97 Å². The fraction of sp³-hybridized carbons (Fsp3) is 0.944. The summed E-state index contributed by atoms with van der Waals surface area (Å²) >= 11 is 0. The van der Waals surface area contributed by atoms with Crippen molar-refractivity contribution in [2.24, 2.45) is 0 Å². The van der Waals surface area contributed by atoms with Gasteiger partial charge in [-0.3, -0.25) is 4.79 Å². The number of aliphatic hydroxyl groups excluding tert-OH is 2. The minimum atomic E-state index is -1.19. The first-order valence-corrected chi connectivity index (χ1v) is 9.33. The molecule has 0 bridgehead atoms. The standard InChI is InChI=1S/C18H37NO4/c1-2-3-4-5-6-7-8-9-10-11-14-19-18(12-15-20,13-16-21)17(22)23/h19-21H,2-16H2,1H3,(H,22,23). The third-order valence-corrected chi connectivity index (χ3v) is 4.48. The zero-order valence-corrected chi connectivity index (χ0v) is 14.9. The molecule has 0 fully saturated rings. The van der Waals surface area contributed by atoms with Crippen LogP contribution >= 0.6 is 0 Å². The first-order valence-electron chi connectivity index (χ1n) is 9.33. The molecule has 138 valence electrons. The summed E-state index contributed by atoms with van der Waals surface area (Å²) in [5.74, 6) is -0.993. The Labute approximate surface area is 141 Å². The number of rotatable bonds is 17. The number of aliphatic hydroxyl groups is 2. The Morgan fingerprint density at radius 1 is 0.826 bits per heavy atom. The van der Waals surface area contributed by atoms with E-state index in [9.17, 15) is 9.90 Å². The van der Waals surface area contributed by atoms with E-state index in [-0.39, 0.29) is 26.1 Å². The average Bonchev–Trinajstić information content (AvgIpc) is 2.52. The van der Waals surface area contributed by atoms with Crippen molar-refractivity contribution in [3.05, 3.63) is 0 Å². The zero-order chi connectivity index (χ0) is 17.4. The molecule has 0 amide bonds. The number of aliphatic carboxylic acids is 1. The van der Waals surface area contributed by atoms with E-state index in [1.165, 1.54) is 51.4 Å². The summed E-state index contributed by atoms with van der Waals surface area (Å²) in [6.07, 6.45) is 12.7. The second-order valence-electron chi connectivity index (χ2n) is 6.44. The summed E-state index contributed by atoms with van der Waals surface area (Å²) < 4.78 is 0. The number of unbranched alkanes of at least 4 members (excludes halogenated alkanes) is 9. The quantitative estimate of drug-likeness (QED) is 0.308. The van der Waals surface area contributed by atoms with Crippen LogP contribution in [0.5, 0.6) is 0 Å². The third-order valence-electron chi connectivity index (χ3n) is 4.48. The molecular formula is C18H37NO4. The molecular weight excluding hydrogens is 294 g/mol. The van der Waals surface area contributed by atoms with Gasteiger partial charge in [0.2, 0.25) is 0 Å². The van der Waals surface area contributed by atoms with Gasteiger partial charge in [0.05, 0.1) is 0 Å². The highest BCUT2D eigenvalue weighted by Gasteiger charge is 2.36. The molecule has 0 rings (SSSR count). The molecule has 4 N–H and O–H groups in total. The van der Waals surface area contributed by atoms with Gasteiger partial charge in [0.25, 0.3) is 0 Å². The second kappa shape index (κ2) is 14.9. The molecule has 0 atom stereocenters. The molecule has 5 heteroatoms. The molecule has 0 aliphatic rings. The molecule has 0 radical (unpaired) electrons. The van der Waals surface area contributed by atoms with Gasteiger partial charge in [-0.1, -0.05) is 64.7 Å². The normalized spacial score (nSPS) is 11.8. The summed E-state index contributed by atoms with van der Waals surface area (Å²) in [7, 11) is 0. The topological polar surface area (TPSA) is 89.8 Å². The highest BCUT2D eigenvalue weighted by atomic mass is 16.4. The van der Waals surface area contributed by atoms with Crippen LogP contribution in [0.1, 0.15) is 84.0 Å². The summed E-state index contributed by atoms with van der Waals surface area (Å²) in [4.78, 5) is 11.4. The van der Waals surface area contributed by atoms with E-state index in [1.807, 2.05) is 0 Å². The molecule has 0 spiro atoms. The van der Waals surface area contributed by atoms with Crippen molar-refractivity contribution in [2.45, 2.75) is 89.5 Å².